The Bertz CT molecular complexity index is 3180. The first-order valence-corrected chi connectivity index (χ1v) is 37.9. The number of carbonyl (C=O) groups excluding carboxylic acids is 12. The van der Waals surface area contributed by atoms with E-state index in [0.29, 0.717) is 76.4 Å². The van der Waals surface area contributed by atoms with Crippen LogP contribution in [-0.4, -0.2) is 251 Å². The van der Waals surface area contributed by atoms with E-state index in [1.807, 2.05) is 13.8 Å². The van der Waals surface area contributed by atoms with Crippen molar-refractivity contribution in [2.75, 3.05) is 88.6 Å². The molecule has 568 valence electrons. The van der Waals surface area contributed by atoms with Gasteiger partial charge in [0.1, 0.15) is 47.8 Å². The molecule has 102 heavy (non-hydrogen) atoms. The van der Waals surface area contributed by atoms with Crippen LogP contribution in [0.5, 0.6) is 0 Å². The number of halogens is 4. The highest BCUT2D eigenvalue weighted by Gasteiger charge is 2.52. The van der Waals surface area contributed by atoms with E-state index in [4.69, 9.17) is 11.6 Å². The minimum absolute atomic E-state index is 0.0239. The van der Waals surface area contributed by atoms with E-state index in [1.165, 1.54) is 84.8 Å². The number of rotatable bonds is 10. The van der Waals surface area contributed by atoms with Gasteiger partial charge in [-0.15, -0.1) is 0 Å². The lowest BCUT2D eigenvalue weighted by Gasteiger charge is -2.43. The summed E-state index contributed by atoms with van der Waals surface area (Å²) in [5.41, 5.74) is -2.33. The smallest absolute Gasteiger partial charge is 0.343 e. The summed E-state index contributed by atoms with van der Waals surface area (Å²) in [6.07, 6.45) is 9.57. The van der Waals surface area contributed by atoms with Crippen LogP contribution in [0, 0.1) is 23.7 Å². The summed E-state index contributed by atoms with van der Waals surface area (Å²) >= 11 is 6.17. The zero-order valence-electron chi connectivity index (χ0n) is 61.6. The molecule has 7 atom stereocenters. The zero-order valence-corrected chi connectivity index (χ0v) is 62.3. The number of hydrogen-bond donors (Lipinski definition) is 3. The van der Waals surface area contributed by atoms with E-state index >= 15 is 33.6 Å². The van der Waals surface area contributed by atoms with Crippen molar-refractivity contribution in [3.8, 4) is 0 Å². The van der Waals surface area contributed by atoms with Crippen molar-refractivity contribution >= 4 is 82.5 Å². The summed E-state index contributed by atoms with van der Waals surface area (Å²) < 4.78 is 41.7. The summed E-state index contributed by atoms with van der Waals surface area (Å²) in [5.74, 6) is -8.31. The Morgan fingerprint density at radius 3 is 1.77 bits per heavy atom. The molecule has 0 aromatic heterocycles. The third kappa shape index (κ3) is 20.1. The Kier molecular flexibility index (Phi) is 28.5. The number of aryl methyl sites for hydroxylation is 1. The van der Waals surface area contributed by atoms with E-state index < -0.39 is 167 Å². The molecule has 7 aliphatic rings. The first kappa shape index (κ1) is 80.6. The molecule has 8 rings (SSSR count). The maximum Gasteiger partial charge on any atom is 0.417 e. The SMILES string of the molecule is CC(C)C[C@H]1C(=O)N[C@@H](C2CCCC2)C(=O)N(C)CC(=O)N(C)CC(=O)N(C)[C@@H](CC2CCCCC2)C(=O)N(C)CC(=O)N[C@@H](CCc2ccc(C(F)(F)F)c(Cl)c2)C(=O)N2CCC[C@H]2C(=O)NC2(CCCC2)C(=O)N(C)[C@@H](C2CCCCC2)C(=O)N(C)[C@H](C(=O)N2CCCCC2)CC(=O)N1C. The predicted octanol–water partition coefficient (Wildman–Crippen LogP) is 6.57. The van der Waals surface area contributed by atoms with Crippen LogP contribution in [-0.2, 0) is 70.1 Å². The lowest BCUT2D eigenvalue weighted by Crippen LogP contribution is -2.65. The average molecular weight is 1450 g/mol. The molecule has 1 aromatic carbocycles. The van der Waals surface area contributed by atoms with Crippen LogP contribution in [0.2, 0.25) is 5.02 Å². The Morgan fingerprint density at radius 1 is 0.578 bits per heavy atom. The minimum Gasteiger partial charge on any atom is -0.343 e. The van der Waals surface area contributed by atoms with E-state index in [-0.39, 0.29) is 69.2 Å². The number of amides is 12. The van der Waals surface area contributed by atoms with Crippen LogP contribution in [0.3, 0.4) is 0 Å². The van der Waals surface area contributed by atoms with Crippen LogP contribution in [0.15, 0.2) is 18.2 Å². The Morgan fingerprint density at radius 2 is 1.16 bits per heavy atom. The number of piperidine rings is 1. The molecule has 0 radical (unpaired) electrons. The largest absolute Gasteiger partial charge is 0.417 e. The molecule has 28 heteroatoms. The molecule has 4 aliphatic carbocycles. The molecule has 24 nitrogen and oxygen atoms in total. The van der Waals surface area contributed by atoms with Crippen molar-refractivity contribution in [2.45, 2.75) is 248 Å². The van der Waals surface area contributed by atoms with Gasteiger partial charge in [-0.25, -0.2) is 0 Å². The highest BCUT2D eigenvalue weighted by molar-refractivity contribution is 6.31. The highest BCUT2D eigenvalue weighted by atomic mass is 35.5. The molecule has 3 heterocycles. The zero-order chi connectivity index (χ0) is 74.5. The van der Waals surface area contributed by atoms with Crippen molar-refractivity contribution in [3.05, 3.63) is 34.3 Å². The lowest BCUT2D eigenvalue weighted by molar-refractivity contribution is -0.157. The number of nitrogens with zero attached hydrogens (tertiary/aromatic N) is 9. The monoisotopic (exact) mass is 1450 g/mol. The number of likely N-dealkylation sites (N-methyl/N-ethyl adjacent to an activating group) is 7. The first-order valence-electron chi connectivity index (χ1n) is 37.5. The number of nitrogens with one attached hydrogen (secondary N) is 3. The highest BCUT2D eigenvalue weighted by Crippen LogP contribution is 2.39. The Balaban J connectivity index is 1.17. The number of likely N-dealkylation sites (tertiary alicyclic amines) is 1. The number of fused-ring (bicyclic) bond motifs is 1. The summed E-state index contributed by atoms with van der Waals surface area (Å²) in [7, 11) is 10.1. The molecule has 0 bridgehead atoms. The van der Waals surface area contributed by atoms with Gasteiger partial charge in [0.05, 0.1) is 36.6 Å². The van der Waals surface area contributed by atoms with Gasteiger partial charge < -0.3 is 60.0 Å². The number of benzene rings is 1. The van der Waals surface area contributed by atoms with Crippen molar-refractivity contribution in [1.29, 1.82) is 0 Å². The van der Waals surface area contributed by atoms with Crippen LogP contribution in [0.25, 0.3) is 0 Å². The molecule has 4 saturated carbocycles. The second-order valence-electron chi connectivity index (χ2n) is 30.8. The fraction of sp³-hybridized carbons (Fsp3) is 0.757. The van der Waals surface area contributed by atoms with Gasteiger partial charge in [0, 0.05) is 69.0 Å². The fourth-order valence-corrected chi connectivity index (χ4v) is 17.1. The minimum atomic E-state index is -4.76. The molecular weight excluding hydrogens is 1340 g/mol. The van der Waals surface area contributed by atoms with Gasteiger partial charge in [-0.3, -0.25) is 57.5 Å². The predicted molar refractivity (Wildman–Crippen MR) is 376 cm³/mol. The van der Waals surface area contributed by atoms with Crippen molar-refractivity contribution in [3.63, 3.8) is 0 Å². The molecule has 12 amide bonds. The number of hydrogen-bond acceptors (Lipinski definition) is 12. The Labute approximate surface area is 604 Å². The van der Waals surface area contributed by atoms with Crippen LogP contribution in [0.4, 0.5) is 13.2 Å². The standard InChI is InChI=1S/C74H112ClF3N12O12/c1-47(2)40-56-65(95)80-63(50-26-17-18-27-50)70(100)84(5)45-61(93)82(3)46-62(94)86(7)57(42-48-24-13-10-14-25-48)68(98)83(4)44-59(91)79-54(34-32-49-31-33-52(53(75)41-49)74(76,77)78)67(97)90-39-23-30-55(90)66(96)81-73(35-19-20-36-73)72(102)88(9)64(51-28-15-11-16-29-51)71(101)87(8)58(43-60(92)85(56)6)69(99)89-37-21-12-22-38-89/h31,33,41,47-48,50-51,54-58,63-64H,10-30,32,34-40,42-46H2,1-9H3,(H,79,91)(H,80,95)(H,81,96)/t54-,55-,56-,57-,58-,63-,64-/m0/s1. The van der Waals surface area contributed by atoms with E-state index in [1.54, 1.807) is 4.90 Å². The van der Waals surface area contributed by atoms with Gasteiger partial charge in [-0.1, -0.05) is 109 Å². The molecule has 0 unspecified atom stereocenters. The quantitative estimate of drug-likeness (QED) is 0.225. The third-order valence-corrected chi connectivity index (χ3v) is 23.3. The van der Waals surface area contributed by atoms with E-state index in [9.17, 15) is 37.1 Å². The van der Waals surface area contributed by atoms with E-state index in [0.717, 1.165) is 92.6 Å². The van der Waals surface area contributed by atoms with E-state index in [2.05, 4.69) is 16.0 Å². The third-order valence-electron chi connectivity index (χ3n) is 23.0. The van der Waals surface area contributed by atoms with Gasteiger partial charge in [0.15, 0.2) is 0 Å². The first-order chi connectivity index (χ1) is 48.3. The second-order valence-corrected chi connectivity index (χ2v) is 31.2. The topological polar surface area (TPSA) is 270 Å². The van der Waals surface area contributed by atoms with Gasteiger partial charge in [-0.05, 0) is 138 Å². The van der Waals surface area contributed by atoms with Gasteiger partial charge in [-0.2, -0.15) is 13.2 Å². The number of carbonyl (C=O) groups is 12. The van der Waals surface area contributed by atoms with Gasteiger partial charge in [0.2, 0.25) is 70.9 Å². The maximum atomic E-state index is 15.9. The average Bonchev–Trinajstić information content (AvgIpc) is 1.30. The molecule has 3 saturated heterocycles. The molecule has 3 aliphatic heterocycles. The summed E-state index contributed by atoms with van der Waals surface area (Å²) in [6.45, 7) is 2.95. The summed E-state index contributed by atoms with van der Waals surface area (Å²) in [6, 6.07) is -5.38. The maximum absolute atomic E-state index is 15.9. The van der Waals surface area contributed by atoms with Crippen LogP contribution < -0.4 is 16.0 Å². The molecule has 7 fully saturated rings. The normalized spacial score (nSPS) is 27.3. The Hall–Kier alpha value is -7.06. The molecule has 1 aromatic rings. The molecule has 1 spiro atoms. The summed E-state index contributed by atoms with van der Waals surface area (Å²) in [4.78, 5) is 192. The van der Waals surface area contributed by atoms with Crippen molar-refractivity contribution in [1.82, 2.24) is 60.0 Å². The molecule has 3 N–H and O–H groups in total. The van der Waals surface area contributed by atoms with Crippen molar-refractivity contribution < 1.29 is 70.7 Å². The lowest BCUT2D eigenvalue weighted by atomic mass is 9.81. The second kappa shape index (κ2) is 36.1. The summed E-state index contributed by atoms with van der Waals surface area (Å²) in [5, 5.41) is 8.31. The van der Waals surface area contributed by atoms with Gasteiger partial charge in [0.25, 0.3) is 0 Å². The molecular formula is C74H112ClF3N12O12. The number of alkyl halides is 3. The fourth-order valence-electron chi connectivity index (χ4n) is 16.8. The van der Waals surface area contributed by atoms with Crippen molar-refractivity contribution in [2.24, 2.45) is 23.7 Å². The van der Waals surface area contributed by atoms with Crippen LogP contribution >= 0.6 is 11.6 Å². The van der Waals surface area contributed by atoms with Crippen LogP contribution in [0.1, 0.15) is 198 Å². The van der Waals surface area contributed by atoms with Gasteiger partial charge >= 0.3 is 6.18 Å².